The molecule has 0 aliphatic heterocycles. The Hall–Kier alpha value is -0.850. The molecule has 0 amide bonds. The normalized spacial score (nSPS) is 16.8. The monoisotopic (exact) mass is 367 g/mol. The molecule has 21 heavy (non-hydrogen) atoms. The van der Waals surface area contributed by atoms with Gasteiger partial charge in [-0.3, -0.25) is 0 Å². The molecule has 1 aliphatic carbocycles. The minimum Gasteiger partial charge on any atom is -0.338 e. The summed E-state index contributed by atoms with van der Waals surface area (Å²) in [5.74, 6) is 1.98. The van der Waals surface area contributed by atoms with Crippen molar-refractivity contribution in [1.82, 2.24) is 10.1 Å². The largest absolute Gasteiger partial charge is 0.338 e. The number of nitrogens with two attached hydrogens (primary N) is 1. The highest BCUT2D eigenvalue weighted by Crippen LogP contribution is 2.37. The number of hydrogen-bond donors (Lipinski definition) is 1. The van der Waals surface area contributed by atoms with Gasteiger partial charge < -0.3 is 10.3 Å². The lowest BCUT2D eigenvalue weighted by atomic mass is 9.77. The fraction of sp³-hybridized carbons (Fsp3) is 0.467. The average Bonchev–Trinajstić information content (AvgIpc) is 2.88. The molecule has 112 valence electrons. The van der Waals surface area contributed by atoms with E-state index >= 15 is 0 Å². The maximum absolute atomic E-state index is 6.21. The molecule has 1 aliphatic rings. The second-order valence-electron chi connectivity index (χ2n) is 5.68. The molecule has 2 N–H and O–H groups in total. The maximum atomic E-state index is 6.21. The molecule has 3 rings (SSSR count). The number of benzene rings is 1. The van der Waals surface area contributed by atoms with Crippen molar-refractivity contribution < 1.29 is 4.52 Å². The van der Waals surface area contributed by atoms with Crippen molar-refractivity contribution in [3.05, 3.63) is 39.4 Å². The van der Waals surface area contributed by atoms with E-state index < -0.39 is 0 Å². The van der Waals surface area contributed by atoms with Crippen LogP contribution in [0, 0.1) is 13.8 Å². The third kappa shape index (κ3) is 3.03. The molecule has 1 aromatic carbocycles. The SMILES string of the molecule is Cc1cc(SCc2nc(C3(N)CCC3)no2)c(C)cc1Br. The van der Waals surface area contributed by atoms with E-state index in [2.05, 4.69) is 52.1 Å². The standard InChI is InChI=1S/C15H18BrN3OS/c1-9-7-12(10(2)6-11(9)16)21-8-13-18-14(19-20-13)15(17)4-3-5-15/h6-7H,3-5,8,17H2,1-2H3. The Morgan fingerprint density at radius 2 is 2.10 bits per heavy atom. The lowest BCUT2D eigenvalue weighted by molar-refractivity contribution is 0.229. The molecule has 2 aromatic rings. The molecule has 0 bridgehead atoms. The maximum Gasteiger partial charge on any atom is 0.237 e. The molecule has 0 unspecified atom stereocenters. The number of aromatic nitrogens is 2. The molecule has 1 heterocycles. The first-order chi connectivity index (χ1) is 9.98. The van der Waals surface area contributed by atoms with Gasteiger partial charge in [-0.1, -0.05) is 21.1 Å². The van der Waals surface area contributed by atoms with E-state index in [1.54, 1.807) is 11.8 Å². The van der Waals surface area contributed by atoms with Crippen LogP contribution in [0.3, 0.4) is 0 Å². The second-order valence-corrected chi connectivity index (χ2v) is 7.55. The van der Waals surface area contributed by atoms with Crippen LogP contribution in [0.4, 0.5) is 0 Å². The van der Waals surface area contributed by atoms with E-state index in [0.717, 1.165) is 23.7 Å². The van der Waals surface area contributed by atoms with Crippen molar-refractivity contribution in [3.8, 4) is 0 Å². The van der Waals surface area contributed by atoms with E-state index in [1.807, 2.05) is 0 Å². The van der Waals surface area contributed by atoms with Crippen molar-refractivity contribution >= 4 is 27.7 Å². The van der Waals surface area contributed by atoms with Gasteiger partial charge in [-0.2, -0.15) is 4.98 Å². The zero-order chi connectivity index (χ0) is 15.0. The molecule has 6 heteroatoms. The van der Waals surface area contributed by atoms with E-state index in [-0.39, 0.29) is 5.54 Å². The number of hydrogen-bond acceptors (Lipinski definition) is 5. The Balaban J connectivity index is 1.69. The Morgan fingerprint density at radius 1 is 1.33 bits per heavy atom. The van der Waals surface area contributed by atoms with Crippen molar-refractivity contribution in [2.45, 2.75) is 49.3 Å². The predicted molar refractivity (Wildman–Crippen MR) is 87.2 cm³/mol. The Bertz CT molecular complexity index is 667. The van der Waals surface area contributed by atoms with E-state index in [9.17, 15) is 0 Å². The van der Waals surface area contributed by atoms with Gasteiger partial charge in [0.2, 0.25) is 5.89 Å². The fourth-order valence-electron chi connectivity index (χ4n) is 2.35. The molecule has 0 saturated heterocycles. The summed E-state index contributed by atoms with van der Waals surface area (Å²) in [5, 5.41) is 4.04. The fourth-order valence-corrected chi connectivity index (χ4v) is 3.75. The molecule has 0 spiro atoms. The lowest BCUT2D eigenvalue weighted by Crippen LogP contribution is -2.44. The minimum absolute atomic E-state index is 0.351. The van der Waals surface area contributed by atoms with Crippen molar-refractivity contribution in [1.29, 1.82) is 0 Å². The summed E-state index contributed by atoms with van der Waals surface area (Å²) in [5.41, 5.74) is 8.33. The van der Waals surface area contributed by atoms with Crippen LogP contribution in [0.1, 0.15) is 42.1 Å². The van der Waals surface area contributed by atoms with E-state index in [4.69, 9.17) is 10.3 Å². The average molecular weight is 368 g/mol. The van der Waals surface area contributed by atoms with E-state index in [1.165, 1.54) is 16.0 Å². The zero-order valence-corrected chi connectivity index (χ0v) is 14.6. The first-order valence-electron chi connectivity index (χ1n) is 6.99. The Kier molecular flexibility index (Phi) is 4.12. The smallest absolute Gasteiger partial charge is 0.237 e. The van der Waals surface area contributed by atoms with Crippen molar-refractivity contribution in [3.63, 3.8) is 0 Å². The summed E-state index contributed by atoms with van der Waals surface area (Å²) in [6.45, 7) is 4.20. The topological polar surface area (TPSA) is 64.9 Å². The third-order valence-electron chi connectivity index (χ3n) is 3.97. The molecule has 0 radical (unpaired) electrons. The van der Waals surface area contributed by atoms with Crippen molar-refractivity contribution in [2.75, 3.05) is 0 Å². The lowest BCUT2D eigenvalue weighted by Gasteiger charge is -2.34. The van der Waals surface area contributed by atoms with Gasteiger partial charge in [-0.25, -0.2) is 0 Å². The van der Waals surface area contributed by atoms with Gasteiger partial charge >= 0.3 is 0 Å². The van der Waals surface area contributed by atoms with Gasteiger partial charge in [-0.15, -0.1) is 11.8 Å². The van der Waals surface area contributed by atoms with Gasteiger partial charge in [0.15, 0.2) is 5.82 Å². The van der Waals surface area contributed by atoms with Crippen LogP contribution in [-0.4, -0.2) is 10.1 Å². The van der Waals surface area contributed by atoms with E-state index in [0.29, 0.717) is 17.5 Å². The predicted octanol–water partition coefficient (Wildman–Crippen LogP) is 4.08. The van der Waals surface area contributed by atoms with Crippen molar-refractivity contribution in [2.24, 2.45) is 5.73 Å². The van der Waals surface area contributed by atoms with Crippen LogP contribution < -0.4 is 5.73 Å². The van der Waals surface area contributed by atoms with Gasteiger partial charge in [0, 0.05) is 9.37 Å². The van der Waals surface area contributed by atoms with Crippen LogP contribution in [-0.2, 0) is 11.3 Å². The molecular formula is C15H18BrN3OS. The minimum atomic E-state index is -0.351. The number of halogens is 1. The first kappa shape index (κ1) is 15.1. The van der Waals surface area contributed by atoms with Crippen LogP contribution in [0.2, 0.25) is 0 Å². The summed E-state index contributed by atoms with van der Waals surface area (Å²) in [7, 11) is 0. The van der Waals surface area contributed by atoms with Crippen LogP contribution in [0.5, 0.6) is 0 Å². The number of aryl methyl sites for hydroxylation is 2. The van der Waals surface area contributed by atoms with Crippen LogP contribution >= 0.6 is 27.7 Å². The van der Waals surface area contributed by atoms with Gasteiger partial charge in [0.1, 0.15) is 0 Å². The first-order valence-corrected chi connectivity index (χ1v) is 8.77. The molecule has 1 saturated carbocycles. The number of rotatable bonds is 4. The highest BCUT2D eigenvalue weighted by atomic mass is 79.9. The van der Waals surface area contributed by atoms with Gasteiger partial charge in [-0.05, 0) is 56.4 Å². The second kappa shape index (κ2) is 5.74. The molecule has 1 fully saturated rings. The number of nitrogens with zero attached hydrogens (tertiary/aromatic N) is 2. The summed E-state index contributed by atoms with van der Waals surface area (Å²) >= 11 is 5.27. The molecule has 0 atom stereocenters. The quantitative estimate of drug-likeness (QED) is 0.824. The highest BCUT2D eigenvalue weighted by Gasteiger charge is 2.38. The van der Waals surface area contributed by atoms with Crippen LogP contribution in [0.15, 0.2) is 26.0 Å². The third-order valence-corrected chi connectivity index (χ3v) is 5.96. The highest BCUT2D eigenvalue weighted by molar-refractivity contribution is 9.10. The molecule has 4 nitrogen and oxygen atoms in total. The van der Waals surface area contributed by atoms with Gasteiger partial charge in [0.25, 0.3) is 0 Å². The summed E-state index contributed by atoms with van der Waals surface area (Å²) < 4.78 is 6.47. The number of thioether (sulfide) groups is 1. The molecule has 1 aromatic heterocycles. The zero-order valence-electron chi connectivity index (χ0n) is 12.1. The van der Waals surface area contributed by atoms with Gasteiger partial charge in [0.05, 0.1) is 11.3 Å². The Labute approximate surface area is 137 Å². The molecular weight excluding hydrogens is 350 g/mol. The Morgan fingerprint density at radius 3 is 2.76 bits per heavy atom. The summed E-state index contributed by atoms with van der Waals surface area (Å²) in [6.07, 6.45) is 3.04. The summed E-state index contributed by atoms with van der Waals surface area (Å²) in [4.78, 5) is 5.69. The summed E-state index contributed by atoms with van der Waals surface area (Å²) in [6, 6.07) is 4.32. The van der Waals surface area contributed by atoms with Crippen LogP contribution in [0.25, 0.3) is 0 Å².